The van der Waals surface area contributed by atoms with Crippen LogP contribution in [0.2, 0.25) is 0 Å². The largest absolute Gasteiger partial charge is 0.487 e. The predicted molar refractivity (Wildman–Crippen MR) is 72.5 cm³/mol. The van der Waals surface area contributed by atoms with E-state index in [1.807, 2.05) is 37.3 Å². The van der Waals surface area contributed by atoms with Gasteiger partial charge in [-0.05, 0) is 24.1 Å². The van der Waals surface area contributed by atoms with Crippen molar-refractivity contribution >= 4 is 0 Å². The van der Waals surface area contributed by atoms with Gasteiger partial charge in [0.25, 0.3) is 0 Å². The van der Waals surface area contributed by atoms with Crippen LogP contribution in [0.1, 0.15) is 25.0 Å². The summed E-state index contributed by atoms with van der Waals surface area (Å²) in [5, 5.41) is 10.3. The van der Waals surface area contributed by atoms with Crippen LogP contribution in [0.15, 0.2) is 54.6 Å². The smallest absolute Gasteiger partial charge is 0.128 e. The van der Waals surface area contributed by atoms with Crippen molar-refractivity contribution in [2.45, 2.75) is 25.6 Å². The highest BCUT2D eigenvalue weighted by molar-refractivity contribution is 5.24. The van der Waals surface area contributed by atoms with Crippen LogP contribution < -0.4 is 4.74 Å². The molecule has 0 aliphatic heterocycles. The van der Waals surface area contributed by atoms with Crippen molar-refractivity contribution in [3.63, 3.8) is 0 Å². The molecule has 0 amide bonds. The summed E-state index contributed by atoms with van der Waals surface area (Å²) >= 11 is 0. The highest BCUT2D eigenvalue weighted by Crippen LogP contribution is 2.24. The van der Waals surface area contributed by atoms with Gasteiger partial charge in [-0.1, -0.05) is 43.3 Å². The molecule has 0 saturated heterocycles. The van der Waals surface area contributed by atoms with Gasteiger partial charge in [-0.2, -0.15) is 0 Å². The van der Waals surface area contributed by atoms with Crippen LogP contribution in [-0.2, 0) is 0 Å². The topological polar surface area (TPSA) is 29.5 Å². The molecule has 0 radical (unpaired) electrons. The van der Waals surface area contributed by atoms with E-state index in [1.165, 1.54) is 12.1 Å². The maximum atomic E-state index is 13.1. The lowest BCUT2D eigenvalue weighted by atomic mass is 10.0. The SMILES string of the molecule is CCC(Oc1cccc(F)c1)C(O)c1ccccc1. The molecule has 100 valence electrons. The number of aliphatic hydroxyl groups excluding tert-OH is 1. The first-order chi connectivity index (χ1) is 9.20. The molecule has 2 rings (SSSR count). The zero-order valence-electron chi connectivity index (χ0n) is 10.8. The van der Waals surface area contributed by atoms with Gasteiger partial charge < -0.3 is 9.84 Å². The Kier molecular flexibility index (Phi) is 4.53. The number of ether oxygens (including phenoxy) is 1. The fourth-order valence-electron chi connectivity index (χ4n) is 1.95. The van der Waals surface area contributed by atoms with E-state index in [0.29, 0.717) is 12.2 Å². The zero-order valence-corrected chi connectivity index (χ0v) is 10.8. The fourth-order valence-corrected chi connectivity index (χ4v) is 1.95. The first-order valence-electron chi connectivity index (χ1n) is 6.36. The lowest BCUT2D eigenvalue weighted by Gasteiger charge is -2.23. The molecule has 2 nitrogen and oxygen atoms in total. The molecule has 19 heavy (non-hydrogen) atoms. The van der Waals surface area contributed by atoms with Crippen molar-refractivity contribution in [3.05, 3.63) is 66.0 Å². The van der Waals surface area contributed by atoms with Gasteiger partial charge >= 0.3 is 0 Å². The van der Waals surface area contributed by atoms with Crippen LogP contribution in [0, 0.1) is 5.82 Å². The molecular formula is C16H17FO2. The summed E-state index contributed by atoms with van der Waals surface area (Å²) in [4.78, 5) is 0. The molecule has 2 atom stereocenters. The van der Waals surface area contributed by atoms with E-state index >= 15 is 0 Å². The van der Waals surface area contributed by atoms with Gasteiger partial charge in [-0.3, -0.25) is 0 Å². The predicted octanol–water partition coefficient (Wildman–Crippen LogP) is 3.72. The zero-order chi connectivity index (χ0) is 13.7. The molecule has 2 aromatic rings. The second kappa shape index (κ2) is 6.34. The van der Waals surface area contributed by atoms with Crippen molar-refractivity contribution in [3.8, 4) is 5.75 Å². The Labute approximate surface area is 112 Å². The number of benzene rings is 2. The standard InChI is InChI=1S/C16H17FO2/c1-2-15(16(18)12-7-4-3-5-8-12)19-14-10-6-9-13(17)11-14/h3-11,15-16,18H,2H2,1H3. The van der Waals surface area contributed by atoms with Crippen LogP contribution in [0.25, 0.3) is 0 Å². The normalized spacial score (nSPS) is 13.8. The monoisotopic (exact) mass is 260 g/mol. The highest BCUT2D eigenvalue weighted by atomic mass is 19.1. The summed E-state index contributed by atoms with van der Waals surface area (Å²) < 4.78 is 18.8. The van der Waals surface area contributed by atoms with E-state index in [-0.39, 0.29) is 5.82 Å². The molecular weight excluding hydrogens is 243 g/mol. The van der Waals surface area contributed by atoms with E-state index in [9.17, 15) is 9.50 Å². The van der Waals surface area contributed by atoms with Gasteiger partial charge in [-0.15, -0.1) is 0 Å². The third-order valence-corrected chi connectivity index (χ3v) is 2.98. The number of halogens is 1. The molecule has 2 unspecified atom stereocenters. The maximum absolute atomic E-state index is 13.1. The van der Waals surface area contributed by atoms with Gasteiger partial charge in [0.2, 0.25) is 0 Å². The van der Waals surface area contributed by atoms with Crippen LogP contribution in [0.4, 0.5) is 4.39 Å². The molecule has 2 aromatic carbocycles. The molecule has 3 heteroatoms. The molecule has 0 aliphatic carbocycles. The number of hydrogen-bond donors (Lipinski definition) is 1. The Morgan fingerprint density at radius 2 is 1.84 bits per heavy atom. The van der Waals surface area contributed by atoms with Gasteiger partial charge in [0, 0.05) is 6.07 Å². The van der Waals surface area contributed by atoms with Gasteiger partial charge in [0.05, 0.1) is 0 Å². The minimum atomic E-state index is -0.727. The molecule has 0 aromatic heterocycles. The third-order valence-electron chi connectivity index (χ3n) is 2.98. The summed E-state index contributed by atoms with van der Waals surface area (Å²) in [6.07, 6.45) is -0.495. The molecule has 0 spiro atoms. The maximum Gasteiger partial charge on any atom is 0.128 e. The number of aliphatic hydroxyl groups is 1. The van der Waals surface area contributed by atoms with E-state index in [0.717, 1.165) is 5.56 Å². The van der Waals surface area contributed by atoms with Crippen molar-refractivity contribution in [1.82, 2.24) is 0 Å². The number of hydrogen-bond acceptors (Lipinski definition) is 2. The number of rotatable bonds is 5. The minimum Gasteiger partial charge on any atom is -0.487 e. The Balaban J connectivity index is 2.12. The second-order valence-electron chi connectivity index (χ2n) is 4.38. The molecule has 0 saturated carbocycles. The Morgan fingerprint density at radius 3 is 2.47 bits per heavy atom. The summed E-state index contributed by atoms with van der Waals surface area (Å²) in [5.74, 6) is 0.0865. The summed E-state index contributed by atoms with van der Waals surface area (Å²) in [6, 6.07) is 15.3. The fraction of sp³-hybridized carbons (Fsp3) is 0.250. The Bertz CT molecular complexity index is 513. The third kappa shape index (κ3) is 3.55. The summed E-state index contributed by atoms with van der Waals surface area (Å²) in [7, 11) is 0. The highest BCUT2D eigenvalue weighted by Gasteiger charge is 2.20. The second-order valence-corrected chi connectivity index (χ2v) is 4.38. The average molecular weight is 260 g/mol. The quantitative estimate of drug-likeness (QED) is 0.887. The lowest BCUT2D eigenvalue weighted by molar-refractivity contribution is 0.0330. The molecule has 1 N–H and O–H groups in total. The van der Waals surface area contributed by atoms with Crippen LogP contribution >= 0.6 is 0 Å². The van der Waals surface area contributed by atoms with Crippen molar-refractivity contribution < 1.29 is 14.2 Å². The summed E-state index contributed by atoms with van der Waals surface area (Å²) in [5.41, 5.74) is 0.797. The van der Waals surface area contributed by atoms with Crippen LogP contribution in [-0.4, -0.2) is 11.2 Å². The molecule has 0 aliphatic rings. The van der Waals surface area contributed by atoms with Crippen LogP contribution in [0.3, 0.4) is 0 Å². The molecule has 0 bridgehead atoms. The summed E-state index contributed by atoms with van der Waals surface area (Å²) in [6.45, 7) is 1.93. The van der Waals surface area contributed by atoms with Gasteiger partial charge in [0.15, 0.2) is 0 Å². The minimum absolute atomic E-state index is 0.346. The van der Waals surface area contributed by atoms with Crippen molar-refractivity contribution in [1.29, 1.82) is 0 Å². The Hall–Kier alpha value is -1.87. The van der Waals surface area contributed by atoms with Crippen LogP contribution in [0.5, 0.6) is 5.75 Å². The van der Waals surface area contributed by atoms with Crippen molar-refractivity contribution in [2.24, 2.45) is 0 Å². The first kappa shape index (κ1) is 13.6. The van der Waals surface area contributed by atoms with Crippen molar-refractivity contribution in [2.75, 3.05) is 0 Å². The van der Waals surface area contributed by atoms with E-state index in [2.05, 4.69) is 0 Å². The van der Waals surface area contributed by atoms with E-state index in [4.69, 9.17) is 4.74 Å². The van der Waals surface area contributed by atoms with Gasteiger partial charge in [0.1, 0.15) is 23.8 Å². The molecule has 0 heterocycles. The lowest BCUT2D eigenvalue weighted by Crippen LogP contribution is -2.24. The first-order valence-corrected chi connectivity index (χ1v) is 6.36. The molecule has 0 fully saturated rings. The average Bonchev–Trinajstić information content (AvgIpc) is 2.45. The van der Waals surface area contributed by atoms with E-state index < -0.39 is 12.2 Å². The van der Waals surface area contributed by atoms with Gasteiger partial charge in [-0.25, -0.2) is 4.39 Å². The Morgan fingerprint density at radius 1 is 1.11 bits per heavy atom. The van der Waals surface area contributed by atoms with E-state index in [1.54, 1.807) is 12.1 Å².